The first-order chi connectivity index (χ1) is 11.7. The lowest BCUT2D eigenvalue weighted by Crippen LogP contribution is -2.25. The molecule has 0 aromatic carbocycles. The zero-order valence-corrected chi connectivity index (χ0v) is 13.8. The van der Waals surface area contributed by atoms with Crippen molar-refractivity contribution < 1.29 is 33.6 Å². The first-order valence-electron chi connectivity index (χ1n) is 7.64. The van der Waals surface area contributed by atoms with Crippen molar-refractivity contribution in [2.45, 2.75) is 6.42 Å². The second kappa shape index (κ2) is 17.5. The molecule has 0 aliphatic carbocycles. The van der Waals surface area contributed by atoms with Crippen LogP contribution in [0.2, 0.25) is 0 Å². The van der Waals surface area contributed by atoms with Gasteiger partial charge in [-0.3, -0.25) is 4.79 Å². The van der Waals surface area contributed by atoms with Crippen LogP contribution in [0.25, 0.3) is 0 Å². The maximum atomic E-state index is 11.2. The summed E-state index contributed by atoms with van der Waals surface area (Å²) in [6.07, 6.45) is 4.22. The summed E-state index contributed by atoms with van der Waals surface area (Å²) in [5.41, 5.74) is 0. The van der Waals surface area contributed by atoms with Crippen molar-refractivity contribution in [2.24, 2.45) is 0 Å². The van der Waals surface area contributed by atoms with E-state index in [1.165, 1.54) is 0 Å². The molecule has 9 heteroatoms. The standard InChI is InChI=1S/C15H26N2O7/c1-2-4-16-14(18)3-6-21-8-10-23-12-13-24-11-9-22-7-5-17-15(19)20/h1,17H,3-13H2,(H,16,18)(H,19,20). The molecule has 0 aliphatic rings. The van der Waals surface area contributed by atoms with Crippen molar-refractivity contribution in [1.29, 1.82) is 0 Å². The summed E-state index contributed by atoms with van der Waals surface area (Å²) in [6, 6.07) is 0. The van der Waals surface area contributed by atoms with Crippen LogP contribution in [0.5, 0.6) is 0 Å². The first-order valence-corrected chi connectivity index (χ1v) is 7.64. The van der Waals surface area contributed by atoms with Gasteiger partial charge in [-0.1, -0.05) is 5.92 Å². The van der Waals surface area contributed by atoms with Gasteiger partial charge in [0.1, 0.15) is 0 Å². The Morgan fingerprint density at radius 3 is 1.83 bits per heavy atom. The van der Waals surface area contributed by atoms with E-state index in [4.69, 9.17) is 30.5 Å². The number of carbonyl (C=O) groups excluding carboxylic acids is 1. The molecule has 24 heavy (non-hydrogen) atoms. The van der Waals surface area contributed by atoms with E-state index in [2.05, 4.69) is 16.6 Å². The van der Waals surface area contributed by atoms with Gasteiger partial charge in [-0.2, -0.15) is 0 Å². The van der Waals surface area contributed by atoms with Crippen LogP contribution in [-0.4, -0.2) is 83.1 Å². The Morgan fingerprint density at radius 1 is 0.833 bits per heavy atom. The van der Waals surface area contributed by atoms with Crippen molar-refractivity contribution in [2.75, 3.05) is 65.9 Å². The average molecular weight is 346 g/mol. The van der Waals surface area contributed by atoms with E-state index < -0.39 is 6.09 Å². The van der Waals surface area contributed by atoms with Gasteiger partial charge in [-0.05, 0) is 0 Å². The molecule has 0 bridgehead atoms. The number of nitrogens with one attached hydrogen (secondary N) is 2. The van der Waals surface area contributed by atoms with Gasteiger partial charge < -0.3 is 34.7 Å². The Balaban J connectivity index is 3.09. The maximum absolute atomic E-state index is 11.2. The van der Waals surface area contributed by atoms with Crippen LogP contribution in [0.15, 0.2) is 0 Å². The Bertz CT molecular complexity index is 371. The topological polar surface area (TPSA) is 115 Å². The molecule has 138 valence electrons. The Morgan fingerprint density at radius 2 is 1.33 bits per heavy atom. The number of carbonyl (C=O) groups is 2. The normalized spacial score (nSPS) is 10.1. The number of carboxylic acid groups (broad SMARTS) is 1. The molecular formula is C15H26N2O7. The largest absolute Gasteiger partial charge is 0.465 e. The minimum Gasteiger partial charge on any atom is -0.465 e. The molecular weight excluding hydrogens is 320 g/mol. The van der Waals surface area contributed by atoms with Gasteiger partial charge in [-0.25, -0.2) is 4.79 Å². The van der Waals surface area contributed by atoms with E-state index in [1.807, 2.05) is 0 Å². The smallest absolute Gasteiger partial charge is 0.404 e. The lowest BCUT2D eigenvalue weighted by Gasteiger charge is -2.07. The Labute approximate surface area is 142 Å². The molecule has 0 aromatic heterocycles. The van der Waals surface area contributed by atoms with E-state index in [-0.39, 0.29) is 25.4 Å². The van der Waals surface area contributed by atoms with Crippen molar-refractivity contribution in [3.63, 3.8) is 0 Å². The van der Waals surface area contributed by atoms with Gasteiger partial charge in [0, 0.05) is 13.0 Å². The summed E-state index contributed by atoms with van der Waals surface area (Å²) in [7, 11) is 0. The molecule has 0 saturated carbocycles. The fourth-order valence-corrected chi connectivity index (χ4v) is 1.39. The minimum atomic E-state index is -1.07. The quantitative estimate of drug-likeness (QED) is 0.254. The van der Waals surface area contributed by atoms with Crippen molar-refractivity contribution in [3.8, 4) is 12.3 Å². The van der Waals surface area contributed by atoms with E-state index in [9.17, 15) is 9.59 Å². The molecule has 0 radical (unpaired) electrons. The number of amides is 2. The highest BCUT2D eigenvalue weighted by Crippen LogP contribution is 1.85. The SMILES string of the molecule is C#CCNC(=O)CCOCCOCCOCCOCCNC(=O)O. The van der Waals surface area contributed by atoms with Crippen LogP contribution in [0.3, 0.4) is 0 Å². The molecule has 0 spiro atoms. The average Bonchev–Trinajstić information content (AvgIpc) is 2.56. The summed E-state index contributed by atoms with van der Waals surface area (Å²) in [4.78, 5) is 21.3. The molecule has 3 N–H and O–H groups in total. The summed E-state index contributed by atoms with van der Waals surface area (Å²) >= 11 is 0. The molecule has 0 heterocycles. The highest BCUT2D eigenvalue weighted by molar-refractivity contribution is 5.76. The molecule has 0 aromatic rings. The molecule has 0 aliphatic heterocycles. The van der Waals surface area contributed by atoms with Crippen LogP contribution < -0.4 is 10.6 Å². The molecule has 0 saturated heterocycles. The third-order valence-corrected chi connectivity index (χ3v) is 2.50. The molecule has 2 amide bonds. The van der Waals surface area contributed by atoms with Crippen LogP contribution in [-0.2, 0) is 23.7 Å². The van der Waals surface area contributed by atoms with Gasteiger partial charge in [0.15, 0.2) is 0 Å². The number of rotatable bonds is 16. The molecule has 0 atom stereocenters. The third-order valence-electron chi connectivity index (χ3n) is 2.50. The summed E-state index contributed by atoms with van der Waals surface area (Å²) in [5.74, 6) is 2.18. The number of hydrogen-bond donors (Lipinski definition) is 3. The van der Waals surface area contributed by atoms with Crippen LogP contribution in [0.4, 0.5) is 4.79 Å². The van der Waals surface area contributed by atoms with Crippen LogP contribution >= 0.6 is 0 Å². The fraction of sp³-hybridized carbons (Fsp3) is 0.733. The zero-order valence-electron chi connectivity index (χ0n) is 13.8. The maximum Gasteiger partial charge on any atom is 0.404 e. The molecule has 0 rings (SSSR count). The summed E-state index contributed by atoms with van der Waals surface area (Å²) in [6.45, 7) is 3.63. The first kappa shape index (κ1) is 22.1. The lowest BCUT2D eigenvalue weighted by molar-refractivity contribution is -0.122. The zero-order chi connectivity index (χ0) is 17.9. The second-order valence-electron chi connectivity index (χ2n) is 4.41. The minimum absolute atomic E-state index is 0.136. The van der Waals surface area contributed by atoms with E-state index in [0.29, 0.717) is 52.9 Å². The summed E-state index contributed by atoms with van der Waals surface area (Å²) in [5, 5.41) is 13.1. The molecule has 9 nitrogen and oxygen atoms in total. The van der Waals surface area contributed by atoms with Crippen LogP contribution in [0.1, 0.15) is 6.42 Å². The Kier molecular flexibility index (Phi) is 16.1. The van der Waals surface area contributed by atoms with E-state index >= 15 is 0 Å². The molecule has 0 unspecified atom stereocenters. The van der Waals surface area contributed by atoms with Crippen molar-refractivity contribution in [3.05, 3.63) is 0 Å². The predicted molar refractivity (Wildman–Crippen MR) is 85.8 cm³/mol. The van der Waals surface area contributed by atoms with Gasteiger partial charge in [0.2, 0.25) is 5.91 Å². The number of hydrogen-bond acceptors (Lipinski definition) is 6. The van der Waals surface area contributed by atoms with Gasteiger partial charge in [0.05, 0.1) is 59.4 Å². The fourth-order valence-electron chi connectivity index (χ4n) is 1.39. The predicted octanol–water partition coefficient (Wildman–Crippen LogP) is -0.540. The summed E-state index contributed by atoms with van der Waals surface area (Å²) < 4.78 is 20.9. The monoisotopic (exact) mass is 346 g/mol. The van der Waals surface area contributed by atoms with Crippen molar-refractivity contribution in [1.82, 2.24) is 10.6 Å². The highest BCUT2D eigenvalue weighted by Gasteiger charge is 1.99. The van der Waals surface area contributed by atoms with Gasteiger partial charge in [0.25, 0.3) is 0 Å². The van der Waals surface area contributed by atoms with E-state index in [0.717, 1.165) is 0 Å². The second-order valence-corrected chi connectivity index (χ2v) is 4.41. The van der Waals surface area contributed by atoms with Gasteiger partial charge in [-0.15, -0.1) is 6.42 Å². The lowest BCUT2D eigenvalue weighted by atomic mass is 10.4. The number of ether oxygens (including phenoxy) is 4. The third kappa shape index (κ3) is 18.2. The van der Waals surface area contributed by atoms with Crippen LogP contribution in [0, 0.1) is 12.3 Å². The number of terminal acetylenes is 1. The highest BCUT2D eigenvalue weighted by atomic mass is 16.6. The molecule has 0 fully saturated rings. The van der Waals surface area contributed by atoms with E-state index in [1.54, 1.807) is 0 Å². The van der Waals surface area contributed by atoms with Gasteiger partial charge >= 0.3 is 6.09 Å². The Hall–Kier alpha value is -1.86. The van der Waals surface area contributed by atoms with Crippen molar-refractivity contribution >= 4 is 12.0 Å².